The third-order valence-corrected chi connectivity index (χ3v) is 2.77. The summed E-state index contributed by atoms with van der Waals surface area (Å²) in [6.07, 6.45) is 7.33. The molecule has 0 saturated heterocycles. The van der Waals surface area contributed by atoms with Crippen molar-refractivity contribution in [1.29, 1.82) is 0 Å². The Bertz CT molecular complexity index is 288. The maximum absolute atomic E-state index is 11.3. The fourth-order valence-corrected chi connectivity index (χ4v) is 2.09. The first-order chi connectivity index (χ1) is 5.65. The molecule has 2 aliphatic rings. The summed E-state index contributed by atoms with van der Waals surface area (Å²) in [6.45, 7) is 2.08. The van der Waals surface area contributed by atoms with Gasteiger partial charge in [-0.2, -0.15) is 0 Å². The van der Waals surface area contributed by atoms with Gasteiger partial charge in [-0.05, 0) is 12.3 Å². The van der Waals surface area contributed by atoms with Gasteiger partial charge in [0.25, 0.3) is 0 Å². The van der Waals surface area contributed by atoms with Crippen molar-refractivity contribution < 1.29 is 9.53 Å². The highest BCUT2D eigenvalue weighted by Crippen LogP contribution is 2.48. The number of carbonyl (C=O) groups excluding carboxylic acids is 1. The first-order valence-electron chi connectivity index (χ1n) is 4.16. The lowest BCUT2D eigenvalue weighted by molar-refractivity contribution is -0.136. The van der Waals surface area contributed by atoms with Crippen LogP contribution in [0.5, 0.6) is 0 Å². The molecule has 2 bridgehead atoms. The van der Waals surface area contributed by atoms with Gasteiger partial charge in [-0.3, -0.25) is 0 Å². The van der Waals surface area contributed by atoms with Gasteiger partial charge in [0, 0.05) is 11.0 Å². The van der Waals surface area contributed by atoms with Crippen molar-refractivity contribution in [3.63, 3.8) is 0 Å². The Morgan fingerprint density at radius 1 is 1.75 bits per heavy atom. The van der Waals surface area contributed by atoms with Crippen LogP contribution in [-0.4, -0.2) is 13.1 Å². The highest BCUT2D eigenvalue weighted by Gasteiger charge is 2.42. The van der Waals surface area contributed by atoms with Crippen LogP contribution in [0.2, 0.25) is 0 Å². The zero-order valence-corrected chi connectivity index (χ0v) is 7.33. The second-order valence-corrected chi connectivity index (χ2v) is 3.72. The Balaban J connectivity index is 2.31. The zero-order chi connectivity index (χ0) is 8.77. The fraction of sp³-hybridized carbons (Fsp3) is 0.500. The summed E-state index contributed by atoms with van der Waals surface area (Å²) in [5, 5.41) is 0. The van der Waals surface area contributed by atoms with Crippen LogP contribution in [0, 0.1) is 11.3 Å². The van der Waals surface area contributed by atoms with Gasteiger partial charge in [-0.15, -0.1) is 0 Å². The van der Waals surface area contributed by atoms with Gasteiger partial charge in [0.2, 0.25) is 0 Å². The van der Waals surface area contributed by atoms with E-state index in [-0.39, 0.29) is 11.4 Å². The number of rotatable bonds is 1. The van der Waals surface area contributed by atoms with E-state index < -0.39 is 0 Å². The fourth-order valence-electron chi connectivity index (χ4n) is 2.09. The summed E-state index contributed by atoms with van der Waals surface area (Å²) in [5.41, 5.74) is 0.787. The second-order valence-electron chi connectivity index (χ2n) is 3.72. The molecule has 0 N–H and O–H groups in total. The molecule has 0 aromatic carbocycles. The maximum atomic E-state index is 11.3. The summed E-state index contributed by atoms with van der Waals surface area (Å²) in [7, 11) is 1.43. The Morgan fingerprint density at radius 3 is 2.92 bits per heavy atom. The average molecular weight is 164 g/mol. The van der Waals surface area contributed by atoms with Crippen molar-refractivity contribution in [3.8, 4) is 0 Å². The molecule has 2 aliphatic carbocycles. The highest BCUT2D eigenvalue weighted by molar-refractivity contribution is 5.91. The quantitative estimate of drug-likeness (QED) is 0.435. The van der Waals surface area contributed by atoms with Crippen LogP contribution < -0.4 is 0 Å². The predicted octanol–water partition coefficient (Wildman–Crippen LogP) is 1.68. The van der Waals surface area contributed by atoms with Gasteiger partial charge in [0.1, 0.15) is 0 Å². The lowest BCUT2D eigenvalue weighted by atomic mass is 9.85. The first-order valence-corrected chi connectivity index (χ1v) is 4.16. The molecule has 0 fully saturated rings. The topological polar surface area (TPSA) is 26.3 Å². The summed E-state index contributed by atoms with van der Waals surface area (Å²) in [5.74, 6) is 0.286. The van der Waals surface area contributed by atoms with Gasteiger partial charge < -0.3 is 4.74 Å². The van der Waals surface area contributed by atoms with E-state index in [9.17, 15) is 4.79 Å². The van der Waals surface area contributed by atoms with Gasteiger partial charge >= 0.3 is 5.97 Å². The third kappa shape index (κ3) is 0.840. The molecule has 2 heteroatoms. The van der Waals surface area contributed by atoms with Crippen molar-refractivity contribution in [1.82, 2.24) is 0 Å². The molecular formula is C10H12O2. The van der Waals surface area contributed by atoms with Crippen LogP contribution in [-0.2, 0) is 9.53 Å². The molecule has 12 heavy (non-hydrogen) atoms. The molecule has 2 atom stereocenters. The minimum Gasteiger partial charge on any atom is -0.466 e. The van der Waals surface area contributed by atoms with Gasteiger partial charge in [-0.25, -0.2) is 4.79 Å². The monoisotopic (exact) mass is 164 g/mol. The standard InChI is InChI=1S/C10H12O2/c1-10-4-3-7(6-10)5-8(10)9(11)12-2/h3-5,7H,6H2,1-2H3. The van der Waals surface area contributed by atoms with E-state index in [0.717, 1.165) is 12.0 Å². The van der Waals surface area contributed by atoms with E-state index in [2.05, 4.69) is 19.1 Å². The van der Waals surface area contributed by atoms with Crippen LogP contribution in [0.4, 0.5) is 0 Å². The van der Waals surface area contributed by atoms with Crippen LogP contribution in [0.1, 0.15) is 13.3 Å². The molecular weight excluding hydrogens is 152 g/mol. The van der Waals surface area contributed by atoms with Crippen LogP contribution in [0.15, 0.2) is 23.8 Å². The maximum Gasteiger partial charge on any atom is 0.334 e. The third-order valence-electron chi connectivity index (χ3n) is 2.77. The second kappa shape index (κ2) is 2.22. The zero-order valence-electron chi connectivity index (χ0n) is 7.33. The van der Waals surface area contributed by atoms with Crippen LogP contribution in [0.25, 0.3) is 0 Å². The molecule has 64 valence electrons. The van der Waals surface area contributed by atoms with Crippen molar-refractivity contribution in [2.45, 2.75) is 13.3 Å². The number of ether oxygens (including phenoxy) is 1. The van der Waals surface area contributed by atoms with E-state index in [0.29, 0.717) is 5.92 Å². The Hall–Kier alpha value is -1.05. The van der Waals surface area contributed by atoms with Gasteiger partial charge in [0.15, 0.2) is 0 Å². The molecule has 0 aliphatic heterocycles. The van der Waals surface area contributed by atoms with Gasteiger partial charge in [-0.1, -0.05) is 25.2 Å². The van der Waals surface area contributed by atoms with Crippen molar-refractivity contribution in [3.05, 3.63) is 23.8 Å². The average Bonchev–Trinajstić information content (AvgIpc) is 2.57. The molecule has 0 radical (unpaired) electrons. The highest BCUT2D eigenvalue weighted by atomic mass is 16.5. The summed E-state index contributed by atoms with van der Waals surface area (Å²) in [6, 6.07) is 0. The van der Waals surface area contributed by atoms with E-state index >= 15 is 0 Å². The molecule has 0 heterocycles. The minimum absolute atomic E-state index is 0.0439. The van der Waals surface area contributed by atoms with E-state index in [1.54, 1.807) is 0 Å². The normalized spacial score (nSPS) is 36.8. The van der Waals surface area contributed by atoms with Gasteiger partial charge in [0.05, 0.1) is 7.11 Å². The van der Waals surface area contributed by atoms with E-state index in [1.165, 1.54) is 7.11 Å². The number of fused-ring (bicyclic) bond motifs is 2. The Labute approximate surface area is 71.9 Å². The predicted molar refractivity (Wildman–Crippen MR) is 45.5 cm³/mol. The number of esters is 1. The number of hydrogen-bond acceptors (Lipinski definition) is 2. The Kier molecular flexibility index (Phi) is 1.40. The molecule has 0 spiro atoms. The number of hydrogen-bond donors (Lipinski definition) is 0. The van der Waals surface area contributed by atoms with Crippen LogP contribution in [0.3, 0.4) is 0 Å². The van der Waals surface area contributed by atoms with E-state index in [4.69, 9.17) is 4.74 Å². The van der Waals surface area contributed by atoms with Crippen molar-refractivity contribution in [2.24, 2.45) is 11.3 Å². The minimum atomic E-state index is -0.177. The molecule has 0 aromatic heterocycles. The van der Waals surface area contributed by atoms with Crippen molar-refractivity contribution in [2.75, 3.05) is 7.11 Å². The van der Waals surface area contributed by atoms with E-state index in [1.807, 2.05) is 6.08 Å². The molecule has 2 nitrogen and oxygen atoms in total. The van der Waals surface area contributed by atoms with Crippen molar-refractivity contribution >= 4 is 5.97 Å². The molecule has 2 rings (SSSR count). The molecule has 0 saturated carbocycles. The summed E-state index contributed by atoms with van der Waals surface area (Å²) in [4.78, 5) is 11.3. The Morgan fingerprint density at radius 2 is 2.50 bits per heavy atom. The smallest absolute Gasteiger partial charge is 0.334 e. The number of allylic oxidation sites excluding steroid dienone is 3. The SMILES string of the molecule is COC(=O)C1=CC2C=CC1(C)C2. The first kappa shape index (κ1) is 7.59. The molecule has 0 amide bonds. The summed E-state index contributed by atoms with van der Waals surface area (Å²) >= 11 is 0. The molecule has 0 aromatic rings. The van der Waals surface area contributed by atoms with Crippen LogP contribution >= 0.6 is 0 Å². The number of carbonyl (C=O) groups is 1. The summed E-state index contributed by atoms with van der Waals surface area (Å²) < 4.78 is 4.71. The molecule has 2 unspecified atom stereocenters. The number of methoxy groups -OCH3 is 1. The lowest BCUT2D eigenvalue weighted by Crippen LogP contribution is -2.18. The largest absolute Gasteiger partial charge is 0.466 e. The lowest BCUT2D eigenvalue weighted by Gasteiger charge is -2.19.